The lowest BCUT2D eigenvalue weighted by Crippen LogP contribution is -2.37. The van der Waals surface area contributed by atoms with Gasteiger partial charge in [-0.3, -0.25) is 14.4 Å². The van der Waals surface area contributed by atoms with E-state index in [1.807, 2.05) is 0 Å². The van der Waals surface area contributed by atoms with Gasteiger partial charge in [0.1, 0.15) is 11.5 Å². The lowest BCUT2D eigenvalue weighted by atomic mass is 10.2. The van der Waals surface area contributed by atoms with Gasteiger partial charge in [0.25, 0.3) is 5.91 Å². The number of hydrogen-bond acceptors (Lipinski definition) is 6. The summed E-state index contributed by atoms with van der Waals surface area (Å²) in [6, 6.07) is 10.4. The van der Waals surface area contributed by atoms with E-state index in [1.54, 1.807) is 36.4 Å². The number of rotatable bonds is 9. The third-order valence-corrected chi connectivity index (χ3v) is 3.67. The first kappa shape index (κ1) is 20.0. The topological polar surface area (TPSA) is 98.1 Å². The molecule has 0 aliphatic carbocycles. The number of furan rings is 1. The zero-order chi connectivity index (χ0) is 19.6. The van der Waals surface area contributed by atoms with Gasteiger partial charge in [-0.05, 0) is 24.3 Å². The minimum absolute atomic E-state index is 0.112. The number of aryl methyl sites for hydroxylation is 1. The van der Waals surface area contributed by atoms with Crippen LogP contribution in [0.15, 0.2) is 47.1 Å². The molecule has 8 nitrogen and oxygen atoms in total. The maximum absolute atomic E-state index is 12.0. The number of carbonyl (C=O) groups excluding carboxylic acids is 3. The van der Waals surface area contributed by atoms with Crippen molar-refractivity contribution in [2.45, 2.75) is 12.8 Å². The number of carbonyl (C=O) groups is 3. The lowest BCUT2D eigenvalue weighted by molar-refractivity contribution is -0.151. The van der Waals surface area contributed by atoms with Crippen LogP contribution < -0.4 is 10.1 Å². The van der Waals surface area contributed by atoms with Gasteiger partial charge in [0.2, 0.25) is 5.91 Å². The second-order valence-electron chi connectivity index (χ2n) is 5.77. The van der Waals surface area contributed by atoms with E-state index in [0.717, 1.165) is 0 Å². The van der Waals surface area contributed by atoms with Crippen LogP contribution in [0, 0.1) is 0 Å². The third kappa shape index (κ3) is 6.85. The van der Waals surface area contributed by atoms with Gasteiger partial charge in [0, 0.05) is 25.2 Å². The predicted molar refractivity (Wildman–Crippen MR) is 97.2 cm³/mol. The van der Waals surface area contributed by atoms with Crippen LogP contribution in [0.4, 0.5) is 5.69 Å². The molecule has 8 heteroatoms. The summed E-state index contributed by atoms with van der Waals surface area (Å²) >= 11 is 0. The van der Waals surface area contributed by atoms with Crippen LogP contribution in [-0.2, 0) is 25.5 Å². The highest BCUT2D eigenvalue weighted by atomic mass is 16.5. The van der Waals surface area contributed by atoms with Crippen molar-refractivity contribution < 1.29 is 28.3 Å². The molecule has 0 unspecified atom stereocenters. The fraction of sp³-hybridized carbons (Fsp3) is 0.316. The van der Waals surface area contributed by atoms with Gasteiger partial charge >= 0.3 is 5.97 Å². The van der Waals surface area contributed by atoms with Crippen molar-refractivity contribution in [2.75, 3.05) is 32.6 Å². The van der Waals surface area contributed by atoms with Gasteiger partial charge in [-0.15, -0.1) is 0 Å². The Morgan fingerprint density at radius 1 is 1.19 bits per heavy atom. The van der Waals surface area contributed by atoms with Crippen LogP contribution in [0.1, 0.15) is 12.2 Å². The number of likely N-dealkylation sites (N-methyl/N-ethyl adjacent to an activating group) is 1. The number of hydrogen-bond donors (Lipinski definition) is 1. The Balaban J connectivity index is 1.70. The Kier molecular flexibility index (Phi) is 7.42. The van der Waals surface area contributed by atoms with Crippen molar-refractivity contribution in [3.8, 4) is 5.75 Å². The largest absolute Gasteiger partial charge is 0.497 e. The molecule has 0 aliphatic heterocycles. The number of anilines is 1. The summed E-state index contributed by atoms with van der Waals surface area (Å²) in [5.74, 6) is -0.0670. The molecule has 27 heavy (non-hydrogen) atoms. The first-order valence-corrected chi connectivity index (χ1v) is 8.34. The number of ether oxygens (including phenoxy) is 2. The monoisotopic (exact) mass is 374 g/mol. The molecule has 0 atom stereocenters. The van der Waals surface area contributed by atoms with Crippen molar-refractivity contribution in [3.63, 3.8) is 0 Å². The first-order valence-electron chi connectivity index (χ1n) is 8.34. The van der Waals surface area contributed by atoms with E-state index in [2.05, 4.69) is 5.32 Å². The average Bonchev–Trinajstić information content (AvgIpc) is 3.18. The molecule has 1 aromatic heterocycles. The van der Waals surface area contributed by atoms with E-state index in [9.17, 15) is 14.4 Å². The van der Waals surface area contributed by atoms with E-state index < -0.39 is 18.5 Å². The van der Waals surface area contributed by atoms with Crippen LogP contribution in [-0.4, -0.2) is 50.0 Å². The molecule has 0 fully saturated rings. The molecule has 0 bridgehead atoms. The maximum atomic E-state index is 12.0. The van der Waals surface area contributed by atoms with E-state index in [4.69, 9.17) is 13.9 Å². The molecule has 1 heterocycles. The standard InChI is InChI=1S/C19H22N2O6/c1-21(12-17(22)20-14-5-3-6-16(11-14)25-2)18(23)13-27-19(24)9-8-15-7-4-10-26-15/h3-7,10-11H,8-9,12-13H2,1-2H3,(H,20,22). The van der Waals surface area contributed by atoms with E-state index >= 15 is 0 Å². The van der Waals surface area contributed by atoms with Gasteiger partial charge in [-0.2, -0.15) is 0 Å². The van der Waals surface area contributed by atoms with Crippen molar-refractivity contribution in [1.82, 2.24) is 4.90 Å². The van der Waals surface area contributed by atoms with Crippen molar-refractivity contribution in [1.29, 1.82) is 0 Å². The molecule has 144 valence electrons. The Labute approximate surface area is 157 Å². The number of nitrogens with one attached hydrogen (secondary N) is 1. The number of nitrogens with zero attached hydrogens (tertiary/aromatic N) is 1. The summed E-state index contributed by atoms with van der Waals surface area (Å²) in [5, 5.41) is 2.67. The quantitative estimate of drug-likeness (QED) is 0.673. The van der Waals surface area contributed by atoms with E-state index in [1.165, 1.54) is 25.3 Å². The molecule has 2 rings (SSSR count). The second-order valence-corrected chi connectivity index (χ2v) is 5.77. The maximum Gasteiger partial charge on any atom is 0.306 e. The van der Waals surface area contributed by atoms with Crippen molar-refractivity contribution in [2.24, 2.45) is 0 Å². The lowest BCUT2D eigenvalue weighted by Gasteiger charge is -2.17. The molecule has 1 N–H and O–H groups in total. The van der Waals surface area contributed by atoms with E-state index in [0.29, 0.717) is 23.6 Å². The number of esters is 1. The zero-order valence-corrected chi connectivity index (χ0v) is 15.3. The Morgan fingerprint density at radius 2 is 2.00 bits per heavy atom. The molecule has 0 saturated carbocycles. The smallest absolute Gasteiger partial charge is 0.306 e. The highest BCUT2D eigenvalue weighted by molar-refractivity contribution is 5.94. The van der Waals surface area contributed by atoms with Crippen molar-refractivity contribution in [3.05, 3.63) is 48.4 Å². The molecule has 0 radical (unpaired) electrons. The van der Waals surface area contributed by atoms with Gasteiger partial charge in [-0.25, -0.2) is 0 Å². The fourth-order valence-electron chi connectivity index (χ4n) is 2.21. The minimum atomic E-state index is -0.506. The summed E-state index contributed by atoms with van der Waals surface area (Å²) in [6.45, 7) is -0.583. The van der Waals surface area contributed by atoms with Gasteiger partial charge in [-0.1, -0.05) is 6.07 Å². The molecule has 2 aromatic rings. The van der Waals surface area contributed by atoms with Gasteiger partial charge in [0.15, 0.2) is 6.61 Å². The summed E-state index contributed by atoms with van der Waals surface area (Å²) in [4.78, 5) is 36.9. The summed E-state index contributed by atoms with van der Waals surface area (Å²) in [6.07, 6.45) is 2.04. The Morgan fingerprint density at radius 3 is 2.70 bits per heavy atom. The van der Waals surface area contributed by atoms with E-state index in [-0.39, 0.29) is 18.9 Å². The van der Waals surface area contributed by atoms with Crippen LogP contribution in [0.2, 0.25) is 0 Å². The summed E-state index contributed by atoms with van der Waals surface area (Å²) < 4.78 is 15.1. The number of amides is 2. The molecule has 0 aliphatic rings. The average molecular weight is 374 g/mol. The van der Waals surface area contributed by atoms with Crippen molar-refractivity contribution >= 4 is 23.5 Å². The minimum Gasteiger partial charge on any atom is -0.497 e. The Bertz CT molecular complexity index is 772. The van der Waals surface area contributed by atoms with Gasteiger partial charge < -0.3 is 24.1 Å². The highest BCUT2D eigenvalue weighted by Gasteiger charge is 2.15. The molecular formula is C19H22N2O6. The number of benzene rings is 1. The molecule has 1 aromatic carbocycles. The molecule has 2 amide bonds. The second kappa shape index (κ2) is 10.0. The third-order valence-electron chi connectivity index (χ3n) is 3.67. The zero-order valence-electron chi connectivity index (χ0n) is 15.3. The fourth-order valence-corrected chi connectivity index (χ4v) is 2.21. The van der Waals surface area contributed by atoms with Crippen LogP contribution in [0.5, 0.6) is 5.75 Å². The normalized spacial score (nSPS) is 10.1. The predicted octanol–water partition coefficient (Wildman–Crippen LogP) is 1.86. The first-order chi connectivity index (χ1) is 13.0. The molecule has 0 spiro atoms. The summed E-state index contributed by atoms with van der Waals surface area (Å²) in [7, 11) is 2.99. The molecule has 0 saturated heterocycles. The van der Waals surface area contributed by atoms with Crippen LogP contribution >= 0.6 is 0 Å². The summed E-state index contributed by atoms with van der Waals surface area (Å²) in [5.41, 5.74) is 0.560. The number of methoxy groups -OCH3 is 1. The van der Waals surface area contributed by atoms with Crippen LogP contribution in [0.3, 0.4) is 0 Å². The SMILES string of the molecule is COc1cccc(NC(=O)CN(C)C(=O)COC(=O)CCc2ccco2)c1. The Hall–Kier alpha value is -3.29. The van der Waals surface area contributed by atoms with Crippen LogP contribution in [0.25, 0.3) is 0 Å². The van der Waals surface area contributed by atoms with Gasteiger partial charge in [0.05, 0.1) is 26.3 Å². The highest BCUT2D eigenvalue weighted by Crippen LogP contribution is 2.16. The molecular weight excluding hydrogens is 352 g/mol.